The van der Waals surface area contributed by atoms with E-state index < -0.39 is 5.54 Å². The Morgan fingerprint density at radius 1 is 1.19 bits per heavy atom. The van der Waals surface area contributed by atoms with E-state index in [-0.39, 0.29) is 11.9 Å². The third-order valence-electron chi connectivity index (χ3n) is 6.48. The first kappa shape index (κ1) is 19.2. The first-order valence-corrected chi connectivity index (χ1v) is 10.6. The maximum atomic E-state index is 13.3. The van der Waals surface area contributed by atoms with Crippen molar-refractivity contribution >= 4 is 35.1 Å². The maximum Gasteiger partial charge on any atom is 0.426 e. The molecule has 3 aliphatic rings. The van der Waals surface area contributed by atoms with E-state index in [1.165, 1.54) is 6.42 Å². The molecule has 0 bridgehead atoms. The Morgan fingerprint density at radius 2 is 1.93 bits per heavy atom. The Kier molecular flexibility index (Phi) is 5.48. The van der Waals surface area contributed by atoms with Crippen molar-refractivity contribution in [3.05, 3.63) is 33.8 Å². The van der Waals surface area contributed by atoms with Crippen molar-refractivity contribution < 1.29 is 14.5 Å². The molecule has 0 radical (unpaired) electrons. The summed E-state index contributed by atoms with van der Waals surface area (Å²) in [5, 5.41) is 4.53. The molecule has 3 amide bonds. The molecule has 2 saturated heterocycles. The van der Waals surface area contributed by atoms with Gasteiger partial charge in [-0.2, -0.15) is 4.90 Å². The van der Waals surface area contributed by atoms with E-state index in [0.29, 0.717) is 53.2 Å². The Morgan fingerprint density at radius 3 is 2.56 bits per heavy atom. The van der Waals surface area contributed by atoms with Crippen molar-refractivity contribution in [1.29, 1.82) is 0 Å². The fourth-order valence-electron chi connectivity index (χ4n) is 4.63. The molecule has 2 heterocycles. The molecular weight excluding hydrogens is 385 g/mol. The highest BCUT2D eigenvalue weighted by Gasteiger charge is 2.62. The van der Waals surface area contributed by atoms with Gasteiger partial charge in [-0.3, -0.25) is 4.90 Å². The summed E-state index contributed by atoms with van der Waals surface area (Å²) in [6.45, 7) is 2.72. The normalized spacial score (nSPS) is 25.3. The largest absolute Gasteiger partial charge is 0.426 e. The molecule has 1 aromatic rings. The maximum absolute atomic E-state index is 13.3. The van der Waals surface area contributed by atoms with E-state index in [1.807, 2.05) is 17.0 Å². The highest BCUT2D eigenvalue weighted by atomic mass is 35.5. The van der Waals surface area contributed by atoms with Gasteiger partial charge in [0.2, 0.25) is 0 Å². The number of urea groups is 1. The molecule has 1 saturated carbocycles. The average molecular weight is 411 g/mol. The predicted molar refractivity (Wildman–Crippen MR) is 105 cm³/mol. The number of carbonyl (C=O) groups is 2. The number of imide groups is 1. The number of hydrogen-bond acceptors (Lipinski definition) is 3. The van der Waals surface area contributed by atoms with Crippen LogP contribution in [0.5, 0.6) is 0 Å². The molecule has 5 nitrogen and oxygen atoms in total. The third kappa shape index (κ3) is 3.51. The van der Waals surface area contributed by atoms with Gasteiger partial charge >= 0.3 is 11.9 Å². The van der Waals surface area contributed by atoms with Gasteiger partial charge in [-0.15, -0.1) is 0 Å². The van der Waals surface area contributed by atoms with E-state index in [2.05, 4.69) is 5.32 Å². The second kappa shape index (κ2) is 7.70. The number of carbonyl (C=O) groups excluding carboxylic acids is 2. The number of piperidine rings is 1. The van der Waals surface area contributed by atoms with Crippen molar-refractivity contribution in [3.63, 3.8) is 0 Å². The van der Waals surface area contributed by atoms with Crippen LogP contribution < -0.4 is 10.2 Å². The molecule has 7 heteroatoms. The monoisotopic (exact) mass is 410 g/mol. The summed E-state index contributed by atoms with van der Waals surface area (Å²) in [6, 6.07) is 5.40. The number of quaternary nitrogens is 1. The number of rotatable bonds is 5. The van der Waals surface area contributed by atoms with Crippen molar-refractivity contribution in [3.8, 4) is 0 Å². The standard InChI is InChI=1S/C20H25Cl2N3O2/c21-16-5-4-15(17(22)12-16)6-11-25-19(27)24(13-14-2-1-3-14)18(26)20(25)7-9-23-10-8-20/h4-5,12,14,23H,1-3,6-11,13H2/p+1. The number of nitrogens with one attached hydrogen (secondary N) is 2. The van der Waals surface area contributed by atoms with Crippen molar-refractivity contribution in [2.45, 2.75) is 44.1 Å². The van der Waals surface area contributed by atoms with E-state index >= 15 is 0 Å². The van der Waals surface area contributed by atoms with E-state index in [4.69, 9.17) is 23.2 Å². The van der Waals surface area contributed by atoms with Gasteiger partial charge < -0.3 is 5.32 Å². The van der Waals surface area contributed by atoms with Crippen LogP contribution >= 0.6 is 23.2 Å². The zero-order valence-corrected chi connectivity index (χ0v) is 16.9. The summed E-state index contributed by atoms with van der Waals surface area (Å²) in [7, 11) is 0. The van der Waals surface area contributed by atoms with Crippen molar-refractivity contribution in [2.75, 3.05) is 26.2 Å². The highest BCUT2D eigenvalue weighted by Crippen LogP contribution is 2.31. The number of nitrogens with zero attached hydrogens (tertiary/aromatic N) is 1. The Balaban J connectivity index is 1.55. The van der Waals surface area contributed by atoms with Gasteiger partial charge in [0.15, 0.2) is 5.54 Å². The van der Waals surface area contributed by atoms with E-state index in [9.17, 15) is 9.59 Å². The second-order valence-corrected chi connectivity index (χ2v) is 8.88. The van der Waals surface area contributed by atoms with Crippen LogP contribution in [0.15, 0.2) is 18.2 Å². The number of halogens is 2. The molecule has 4 rings (SSSR count). The quantitative estimate of drug-likeness (QED) is 0.732. The van der Waals surface area contributed by atoms with Gasteiger partial charge in [-0.05, 0) is 62.9 Å². The minimum atomic E-state index is -0.652. The lowest BCUT2D eigenvalue weighted by atomic mass is 9.84. The topological polar surface area (TPSA) is 53.9 Å². The molecule has 1 atom stereocenters. The minimum Gasteiger partial charge on any atom is -0.317 e. The predicted octanol–water partition coefficient (Wildman–Crippen LogP) is 2.31. The van der Waals surface area contributed by atoms with Crippen LogP contribution in [0.4, 0.5) is 4.79 Å². The smallest absolute Gasteiger partial charge is 0.317 e. The first-order valence-electron chi connectivity index (χ1n) is 9.88. The van der Waals surface area contributed by atoms with Crippen LogP contribution in [0.3, 0.4) is 0 Å². The molecule has 1 aromatic carbocycles. The van der Waals surface area contributed by atoms with Gasteiger partial charge in [0.1, 0.15) is 0 Å². The summed E-state index contributed by atoms with van der Waals surface area (Å²) in [5.41, 5.74) is 0.304. The van der Waals surface area contributed by atoms with Crippen LogP contribution in [0.25, 0.3) is 0 Å². The lowest BCUT2D eigenvalue weighted by Gasteiger charge is -2.36. The van der Waals surface area contributed by atoms with Crippen molar-refractivity contribution in [1.82, 2.24) is 10.2 Å². The Hall–Kier alpha value is -1.14. The fraction of sp³-hybridized carbons (Fsp3) is 0.600. The number of amides is 3. The first-order chi connectivity index (χ1) is 13.0. The van der Waals surface area contributed by atoms with Crippen LogP contribution in [-0.2, 0) is 11.2 Å². The van der Waals surface area contributed by atoms with Gasteiger partial charge in [-0.25, -0.2) is 9.59 Å². The van der Waals surface area contributed by atoms with Gasteiger partial charge in [0, 0.05) is 22.5 Å². The number of benzene rings is 1. The molecule has 1 spiro atoms. The molecule has 146 valence electrons. The van der Waals surface area contributed by atoms with E-state index in [1.54, 1.807) is 6.07 Å². The molecule has 2 aliphatic heterocycles. The molecule has 1 aliphatic carbocycles. The molecule has 1 unspecified atom stereocenters. The summed E-state index contributed by atoms with van der Waals surface area (Å²) in [6.07, 6.45) is 5.51. The Labute approximate surface area is 170 Å². The van der Waals surface area contributed by atoms with E-state index in [0.717, 1.165) is 31.5 Å². The van der Waals surface area contributed by atoms with Gasteiger partial charge in [-0.1, -0.05) is 35.7 Å². The SMILES string of the molecule is O=C1N(CCc2ccc(Cl)cc2Cl)C2(CCNCC2)C(=O)[NH+]1CC1CCC1. The molecule has 3 fully saturated rings. The number of hydrogen-bond donors (Lipinski definition) is 2. The van der Waals surface area contributed by atoms with Crippen LogP contribution in [0.1, 0.15) is 37.7 Å². The van der Waals surface area contributed by atoms with Gasteiger partial charge in [0.05, 0.1) is 6.54 Å². The molecule has 27 heavy (non-hydrogen) atoms. The highest BCUT2D eigenvalue weighted by molar-refractivity contribution is 6.35. The molecular formula is C20H26Cl2N3O2+. The molecule has 0 aromatic heterocycles. The fourth-order valence-corrected chi connectivity index (χ4v) is 5.14. The van der Waals surface area contributed by atoms with Crippen LogP contribution in [0.2, 0.25) is 10.0 Å². The second-order valence-electron chi connectivity index (χ2n) is 8.03. The summed E-state index contributed by atoms with van der Waals surface area (Å²) < 4.78 is 0. The summed E-state index contributed by atoms with van der Waals surface area (Å²) in [5.74, 6) is 0.598. The summed E-state index contributed by atoms with van der Waals surface area (Å²) >= 11 is 12.3. The van der Waals surface area contributed by atoms with Crippen molar-refractivity contribution in [2.24, 2.45) is 5.92 Å². The Bertz CT molecular complexity index is 745. The molecule has 2 N–H and O–H groups in total. The summed E-state index contributed by atoms with van der Waals surface area (Å²) in [4.78, 5) is 29.0. The van der Waals surface area contributed by atoms with Crippen LogP contribution in [0, 0.1) is 5.92 Å². The van der Waals surface area contributed by atoms with Gasteiger partial charge in [0.25, 0.3) is 0 Å². The zero-order valence-electron chi connectivity index (χ0n) is 15.4. The minimum absolute atomic E-state index is 0.0427. The lowest BCUT2D eigenvalue weighted by Crippen LogP contribution is -3.16. The average Bonchev–Trinajstić information content (AvgIpc) is 2.79. The third-order valence-corrected chi connectivity index (χ3v) is 7.07. The van der Waals surface area contributed by atoms with Crippen LogP contribution in [-0.4, -0.2) is 48.6 Å². The zero-order chi connectivity index (χ0) is 19.0. The lowest BCUT2D eigenvalue weighted by molar-refractivity contribution is -0.734.